The molecule has 1 nitrogen and oxygen atoms in total. The largest absolute Gasteiger partial charge is 0.378 e. The van der Waals surface area contributed by atoms with Crippen molar-refractivity contribution >= 4 is 28.3 Å². The van der Waals surface area contributed by atoms with Gasteiger partial charge in [0, 0.05) is 9.26 Å². The van der Waals surface area contributed by atoms with Crippen LogP contribution in [0, 0.1) is 3.57 Å². The Morgan fingerprint density at radius 3 is 2.53 bits per heavy atom. The second-order valence-electron chi connectivity index (χ2n) is 4.76. The van der Waals surface area contributed by atoms with Crippen molar-refractivity contribution in [2.45, 2.75) is 32.2 Å². The third kappa shape index (κ3) is 4.53. The molecule has 100 valence electrons. The van der Waals surface area contributed by atoms with Crippen LogP contribution in [0.4, 0.5) is 5.69 Å². The molecule has 1 atom stereocenters. The number of anilines is 1. The third-order valence-electron chi connectivity index (χ3n) is 3.21. The van der Waals surface area contributed by atoms with Crippen LogP contribution in [0.25, 0.3) is 0 Å². The highest BCUT2D eigenvalue weighted by Gasteiger charge is 2.10. The zero-order valence-corrected chi connectivity index (χ0v) is 13.4. The molecule has 2 aromatic rings. The lowest BCUT2D eigenvalue weighted by Crippen LogP contribution is -2.10. The van der Waals surface area contributed by atoms with Crippen molar-refractivity contribution in [3.8, 4) is 0 Å². The zero-order chi connectivity index (χ0) is 13.5. The lowest BCUT2D eigenvalue weighted by molar-refractivity contribution is 0.634. The lowest BCUT2D eigenvalue weighted by atomic mass is 10.0. The third-order valence-corrected chi connectivity index (χ3v) is 3.88. The zero-order valence-electron chi connectivity index (χ0n) is 11.3. The van der Waals surface area contributed by atoms with Gasteiger partial charge in [0.2, 0.25) is 0 Å². The number of benzene rings is 2. The van der Waals surface area contributed by atoms with E-state index in [1.165, 1.54) is 34.1 Å². The van der Waals surface area contributed by atoms with Crippen molar-refractivity contribution in [1.29, 1.82) is 0 Å². The normalized spacial score (nSPS) is 12.1. The quantitative estimate of drug-likeness (QED) is 0.654. The van der Waals surface area contributed by atoms with Gasteiger partial charge in [-0.15, -0.1) is 0 Å². The number of hydrogen-bond acceptors (Lipinski definition) is 1. The molecule has 0 aliphatic carbocycles. The summed E-state index contributed by atoms with van der Waals surface area (Å²) >= 11 is 2.36. The molecule has 2 aromatic carbocycles. The maximum atomic E-state index is 3.67. The van der Waals surface area contributed by atoms with E-state index in [0.29, 0.717) is 6.04 Å². The van der Waals surface area contributed by atoms with E-state index in [2.05, 4.69) is 89.4 Å². The molecule has 0 radical (unpaired) electrons. The van der Waals surface area contributed by atoms with E-state index in [1.54, 1.807) is 0 Å². The van der Waals surface area contributed by atoms with Gasteiger partial charge in [-0.3, -0.25) is 0 Å². The summed E-state index contributed by atoms with van der Waals surface area (Å²) < 4.78 is 1.27. The van der Waals surface area contributed by atoms with E-state index in [0.717, 1.165) is 0 Å². The van der Waals surface area contributed by atoms with Crippen molar-refractivity contribution in [2.75, 3.05) is 5.32 Å². The molecule has 1 unspecified atom stereocenters. The van der Waals surface area contributed by atoms with Crippen LogP contribution in [-0.4, -0.2) is 0 Å². The van der Waals surface area contributed by atoms with E-state index in [-0.39, 0.29) is 0 Å². The van der Waals surface area contributed by atoms with Crippen LogP contribution in [0.2, 0.25) is 0 Å². The highest BCUT2D eigenvalue weighted by molar-refractivity contribution is 14.1. The van der Waals surface area contributed by atoms with Crippen molar-refractivity contribution in [3.63, 3.8) is 0 Å². The summed E-state index contributed by atoms with van der Waals surface area (Å²) in [6, 6.07) is 19.7. The van der Waals surface area contributed by atoms with Crippen LogP contribution < -0.4 is 5.32 Å². The molecule has 0 bridgehead atoms. The summed E-state index contributed by atoms with van der Waals surface area (Å²) in [7, 11) is 0. The Hall–Kier alpha value is -1.03. The molecule has 0 heterocycles. The second kappa shape index (κ2) is 7.53. The highest BCUT2D eigenvalue weighted by Crippen LogP contribution is 2.25. The average molecular weight is 365 g/mol. The van der Waals surface area contributed by atoms with Crippen LogP contribution in [0.1, 0.15) is 37.8 Å². The van der Waals surface area contributed by atoms with Gasteiger partial charge in [0.1, 0.15) is 0 Å². The van der Waals surface area contributed by atoms with E-state index >= 15 is 0 Å². The summed E-state index contributed by atoms with van der Waals surface area (Å²) in [6.45, 7) is 2.24. The average Bonchev–Trinajstić information content (AvgIpc) is 2.44. The number of unbranched alkanes of at least 4 members (excludes halogenated alkanes) is 1. The Morgan fingerprint density at radius 2 is 1.84 bits per heavy atom. The molecule has 0 aliphatic rings. The molecule has 2 heteroatoms. The van der Waals surface area contributed by atoms with Gasteiger partial charge in [0.05, 0.1) is 6.04 Å². The topological polar surface area (TPSA) is 12.0 Å². The van der Waals surface area contributed by atoms with Gasteiger partial charge in [-0.25, -0.2) is 0 Å². The Morgan fingerprint density at radius 1 is 1.05 bits per heavy atom. The fourth-order valence-electron chi connectivity index (χ4n) is 2.20. The summed E-state index contributed by atoms with van der Waals surface area (Å²) in [5.41, 5.74) is 2.58. The minimum atomic E-state index is 0.402. The van der Waals surface area contributed by atoms with E-state index in [4.69, 9.17) is 0 Å². The van der Waals surface area contributed by atoms with Crippen LogP contribution in [0.5, 0.6) is 0 Å². The van der Waals surface area contributed by atoms with Crippen LogP contribution in [-0.2, 0) is 0 Å². The molecule has 0 spiro atoms. The minimum Gasteiger partial charge on any atom is -0.378 e. The first-order chi connectivity index (χ1) is 9.29. The molecule has 0 amide bonds. The number of hydrogen-bond donors (Lipinski definition) is 1. The van der Waals surface area contributed by atoms with Crippen molar-refractivity contribution in [2.24, 2.45) is 0 Å². The van der Waals surface area contributed by atoms with Gasteiger partial charge in [-0.05, 0) is 52.8 Å². The summed E-state index contributed by atoms with van der Waals surface area (Å²) in [5, 5.41) is 3.67. The molecular weight excluding hydrogens is 345 g/mol. The number of nitrogens with one attached hydrogen (secondary N) is 1. The van der Waals surface area contributed by atoms with Crippen molar-refractivity contribution in [3.05, 3.63) is 63.7 Å². The van der Waals surface area contributed by atoms with E-state index < -0.39 is 0 Å². The Kier molecular flexibility index (Phi) is 5.70. The predicted octanol–water partition coefficient (Wildman–Crippen LogP) is 5.63. The van der Waals surface area contributed by atoms with Crippen LogP contribution in [0.3, 0.4) is 0 Å². The first-order valence-corrected chi connectivity index (χ1v) is 7.94. The molecular formula is C17H20IN. The summed E-state index contributed by atoms with van der Waals surface area (Å²) in [4.78, 5) is 0. The molecule has 0 aliphatic heterocycles. The Balaban J connectivity index is 2.14. The first kappa shape index (κ1) is 14.4. The van der Waals surface area contributed by atoms with Gasteiger partial charge < -0.3 is 5.32 Å². The lowest BCUT2D eigenvalue weighted by Gasteiger charge is -2.20. The summed E-state index contributed by atoms with van der Waals surface area (Å²) in [5.74, 6) is 0. The molecule has 0 saturated carbocycles. The SMILES string of the molecule is CCCCC(Nc1cccc(I)c1)c1ccccc1. The molecule has 1 N–H and O–H groups in total. The van der Waals surface area contributed by atoms with E-state index in [1.807, 2.05) is 0 Å². The Labute approximate surface area is 129 Å². The standard InChI is InChI=1S/C17H20IN/c1-2-3-12-17(14-8-5-4-6-9-14)19-16-11-7-10-15(18)13-16/h4-11,13,17,19H,2-3,12H2,1H3. The molecule has 2 rings (SSSR count). The monoisotopic (exact) mass is 365 g/mol. The predicted molar refractivity (Wildman–Crippen MR) is 91.5 cm³/mol. The molecule has 0 fully saturated rings. The van der Waals surface area contributed by atoms with Crippen LogP contribution in [0.15, 0.2) is 54.6 Å². The molecule has 0 saturated heterocycles. The van der Waals surface area contributed by atoms with Gasteiger partial charge in [0.25, 0.3) is 0 Å². The fourth-order valence-corrected chi connectivity index (χ4v) is 2.74. The second-order valence-corrected chi connectivity index (χ2v) is 6.01. The van der Waals surface area contributed by atoms with E-state index in [9.17, 15) is 0 Å². The highest BCUT2D eigenvalue weighted by atomic mass is 127. The Bertz CT molecular complexity index is 496. The van der Waals surface area contributed by atoms with Gasteiger partial charge >= 0.3 is 0 Å². The molecule has 0 aromatic heterocycles. The van der Waals surface area contributed by atoms with Crippen molar-refractivity contribution < 1.29 is 0 Å². The minimum absolute atomic E-state index is 0.402. The first-order valence-electron chi connectivity index (χ1n) is 6.86. The van der Waals surface area contributed by atoms with Gasteiger partial charge in [-0.2, -0.15) is 0 Å². The maximum absolute atomic E-state index is 3.67. The summed E-state index contributed by atoms with van der Waals surface area (Å²) in [6.07, 6.45) is 3.65. The smallest absolute Gasteiger partial charge is 0.0513 e. The van der Waals surface area contributed by atoms with Crippen LogP contribution >= 0.6 is 22.6 Å². The van der Waals surface area contributed by atoms with Gasteiger partial charge in [-0.1, -0.05) is 56.2 Å². The van der Waals surface area contributed by atoms with Crippen molar-refractivity contribution in [1.82, 2.24) is 0 Å². The number of halogens is 1. The maximum Gasteiger partial charge on any atom is 0.0513 e. The fraction of sp³-hybridized carbons (Fsp3) is 0.294. The van der Waals surface area contributed by atoms with Gasteiger partial charge in [0.15, 0.2) is 0 Å². The number of rotatable bonds is 6. The molecule has 19 heavy (non-hydrogen) atoms.